The molecule has 0 aliphatic carbocycles. The van der Waals surface area contributed by atoms with Crippen LogP contribution in [0.2, 0.25) is 0 Å². The Labute approximate surface area is 155 Å². The Kier molecular flexibility index (Phi) is 4.97. The van der Waals surface area contributed by atoms with Crippen LogP contribution in [0, 0.1) is 5.82 Å². The van der Waals surface area contributed by atoms with Crippen molar-refractivity contribution in [3.63, 3.8) is 0 Å². The summed E-state index contributed by atoms with van der Waals surface area (Å²) >= 11 is 1.31. The van der Waals surface area contributed by atoms with Crippen molar-refractivity contribution in [3.8, 4) is 0 Å². The summed E-state index contributed by atoms with van der Waals surface area (Å²) in [5, 5.41) is 3.50. The molecule has 1 amide bonds. The zero-order valence-corrected chi connectivity index (χ0v) is 15.8. The Bertz CT molecular complexity index is 1060. The van der Waals surface area contributed by atoms with Gasteiger partial charge in [-0.2, -0.15) is 0 Å². The topological polar surface area (TPSA) is 66.5 Å². The van der Waals surface area contributed by atoms with E-state index < -0.39 is 10.0 Å². The molecular formula is C18H17FN2O3S2. The van der Waals surface area contributed by atoms with Gasteiger partial charge in [0.25, 0.3) is 5.91 Å². The number of benzene rings is 2. The largest absolute Gasteiger partial charge is 0.321 e. The first-order valence-corrected chi connectivity index (χ1v) is 10.3. The molecule has 26 heavy (non-hydrogen) atoms. The molecule has 8 heteroatoms. The first kappa shape index (κ1) is 18.3. The van der Waals surface area contributed by atoms with Gasteiger partial charge in [-0.1, -0.05) is 0 Å². The van der Waals surface area contributed by atoms with Crippen LogP contribution in [0.15, 0.2) is 48.5 Å². The number of carbonyl (C=O) groups is 1. The van der Waals surface area contributed by atoms with Crippen molar-refractivity contribution in [2.45, 2.75) is 6.92 Å². The van der Waals surface area contributed by atoms with Gasteiger partial charge in [-0.3, -0.25) is 9.10 Å². The van der Waals surface area contributed by atoms with E-state index in [4.69, 9.17) is 0 Å². The first-order chi connectivity index (χ1) is 12.3. The van der Waals surface area contributed by atoms with E-state index >= 15 is 0 Å². The number of hydrogen-bond donors (Lipinski definition) is 1. The lowest BCUT2D eigenvalue weighted by atomic mass is 10.2. The lowest BCUT2D eigenvalue weighted by Crippen LogP contribution is -2.27. The maximum Gasteiger partial charge on any atom is 0.265 e. The Morgan fingerprint density at radius 1 is 1.15 bits per heavy atom. The summed E-state index contributed by atoms with van der Waals surface area (Å²) in [6.07, 6.45) is 0. The highest BCUT2D eigenvalue weighted by atomic mass is 32.2. The quantitative estimate of drug-likeness (QED) is 0.711. The average molecular weight is 392 g/mol. The monoisotopic (exact) mass is 392 g/mol. The minimum atomic E-state index is -3.35. The Morgan fingerprint density at radius 2 is 1.85 bits per heavy atom. The van der Waals surface area contributed by atoms with Gasteiger partial charge >= 0.3 is 0 Å². The molecule has 0 saturated carbocycles. The molecule has 0 aliphatic rings. The van der Waals surface area contributed by atoms with Gasteiger partial charge in [0.15, 0.2) is 0 Å². The Hall–Kier alpha value is -2.45. The third-order valence-electron chi connectivity index (χ3n) is 3.97. The highest BCUT2D eigenvalue weighted by Crippen LogP contribution is 2.30. The molecule has 0 saturated heterocycles. The molecule has 0 atom stereocenters. The van der Waals surface area contributed by atoms with Crippen LogP contribution in [0.5, 0.6) is 0 Å². The molecule has 3 rings (SSSR count). The number of sulfonamides is 1. The molecule has 3 aromatic rings. The first-order valence-electron chi connectivity index (χ1n) is 7.87. The number of halogens is 1. The van der Waals surface area contributed by atoms with Crippen molar-refractivity contribution in [2.75, 3.05) is 22.4 Å². The molecule has 1 heterocycles. The SMILES string of the molecule is CCS(=O)(=O)N(C)c1ccc2sc(C(=O)Nc3ccc(F)cc3)cc2c1. The third kappa shape index (κ3) is 3.71. The van der Waals surface area contributed by atoms with Crippen molar-refractivity contribution >= 4 is 48.7 Å². The summed E-state index contributed by atoms with van der Waals surface area (Å²) < 4.78 is 39.1. The maximum absolute atomic E-state index is 12.9. The molecule has 2 aromatic carbocycles. The minimum Gasteiger partial charge on any atom is -0.321 e. The predicted octanol–water partition coefficient (Wildman–Crippen LogP) is 4.08. The van der Waals surface area contributed by atoms with Gasteiger partial charge in [-0.15, -0.1) is 11.3 Å². The smallest absolute Gasteiger partial charge is 0.265 e. The van der Waals surface area contributed by atoms with E-state index in [9.17, 15) is 17.6 Å². The average Bonchev–Trinajstić information content (AvgIpc) is 3.06. The number of nitrogens with one attached hydrogen (secondary N) is 1. The van der Waals surface area contributed by atoms with Gasteiger partial charge in [0, 0.05) is 17.4 Å². The molecule has 1 aromatic heterocycles. The van der Waals surface area contributed by atoms with Crippen molar-refractivity contribution in [3.05, 3.63) is 59.2 Å². The maximum atomic E-state index is 12.9. The van der Waals surface area contributed by atoms with Crippen molar-refractivity contribution in [1.82, 2.24) is 0 Å². The summed E-state index contributed by atoms with van der Waals surface area (Å²) in [5.41, 5.74) is 1.05. The number of thiophene rings is 1. The molecule has 0 unspecified atom stereocenters. The van der Waals surface area contributed by atoms with Crippen LogP contribution >= 0.6 is 11.3 Å². The molecule has 1 N–H and O–H groups in total. The second-order valence-corrected chi connectivity index (χ2v) is 9.03. The van der Waals surface area contributed by atoms with Crippen LogP contribution < -0.4 is 9.62 Å². The second kappa shape index (κ2) is 7.05. The van der Waals surface area contributed by atoms with Gasteiger partial charge < -0.3 is 5.32 Å². The number of hydrogen-bond acceptors (Lipinski definition) is 4. The normalized spacial score (nSPS) is 11.5. The fourth-order valence-corrected chi connectivity index (χ4v) is 4.18. The van der Waals surface area contributed by atoms with Crippen LogP contribution in [-0.4, -0.2) is 27.1 Å². The zero-order valence-electron chi connectivity index (χ0n) is 14.2. The lowest BCUT2D eigenvalue weighted by Gasteiger charge is -2.18. The summed E-state index contributed by atoms with van der Waals surface area (Å²) in [4.78, 5) is 12.9. The molecule has 5 nitrogen and oxygen atoms in total. The van der Waals surface area contributed by atoms with Gasteiger partial charge in [0.2, 0.25) is 10.0 Å². The molecular weight excluding hydrogens is 375 g/mol. The van der Waals surface area contributed by atoms with Crippen molar-refractivity contribution in [1.29, 1.82) is 0 Å². The number of rotatable bonds is 5. The van der Waals surface area contributed by atoms with E-state index in [1.54, 1.807) is 31.2 Å². The van der Waals surface area contributed by atoms with Crippen molar-refractivity contribution < 1.29 is 17.6 Å². The summed E-state index contributed by atoms with van der Waals surface area (Å²) in [6, 6.07) is 12.5. The van der Waals surface area contributed by atoms with E-state index in [0.29, 0.717) is 16.3 Å². The minimum absolute atomic E-state index is 0.0104. The summed E-state index contributed by atoms with van der Waals surface area (Å²) in [6.45, 7) is 1.59. The van der Waals surface area contributed by atoms with Crippen molar-refractivity contribution in [2.24, 2.45) is 0 Å². The highest BCUT2D eigenvalue weighted by Gasteiger charge is 2.17. The van der Waals surface area contributed by atoms with E-state index in [0.717, 1.165) is 10.1 Å². The summed E-state index contributed by atoms with van der Waals surface area (Å²) in [5.74, 6) is -0.659. The molecule has 136 valence electrons. The molecule has 0 bridgehead atoms. The Morgan fingerprint density at radius 3 is 2.50 bits per heavy atom. The number of amides is 1. The Balaban J connectivity index is 1.87. The zero-order chi connectivity index (χ0) is 18.9. The second-order valence-electron chi connectivity index (χ2n) is 5.66. The van der Waals surface area contributed by atoms with Crippen LogP contribution in [0.25, 0.3) is 10.1 Å². The molecule has 0 spiro atoms. The fraction of sp³-hybridized carbons (Fsp3) is 0.167. The number of anilines is 2. The summed E-state index contributed by atoms with van der Waals surface area (Å²) in [7, 11) is -1.84. The van der Waals surface area contributed by atoms with E-state index in [1.807, 2.05) is 0 Å². The molecule has 0 radical (unpaired) electrons. The van der Waals surface area contributed by atoms with Crippen LogP contribution in [0.1, 0.15) is 16.6 Å². The van der Waals surface area contributed by atoms with E-state index in [1.165, 1.54) is 47.0 Å². The van der Waals surface area contributed by atoms with Crippen LogP contribution in [-0.2, 0) is 10.0 Å². The predicted molar refractivity (Wildman–Crippen MR) is 104 cm³/mol. The molecule has 0 fully saturated rings. The molecule has 0 aliphatic heterocycles. The number of carbonyl (C=O) groups excluding carboxylic acids is 1. The number of fused-ring (bicyclic) bond motifs is 1. The van der Waals surface area contributed by atoms with E-state index in [2.05, 4.69) is 5.32 Å². The lowest BCUT2D eigenvalue weighted by molar-refractivity contribution is 0.103. The standard InChI is InChI=1S/C18H17FN2O3S2/c1-3-26(23,24)21(2)15-8-9-16-12(10-15)11-17(25-16)18(22)20-14-6-4-13(19)5-7-14/h4-11H,3H2,1-2H3,(H,20,22). The van der Waals surface area contributed by atoms with Crippen LogP contribution in [0.3, 0.4) is 0 Å². The van der Waals surface area contributed by atoms with Gasteiger partial charge in [0.1, 0.15) is 5.82 Å². The van der Waals surface area contributed by atoms with Gasteiger partial charge in [0.05, 0.1) is 16.3 Å². The van der Waals surface area contributed by atoms with Crippen LogP contribution in [0.4, 0.5) is 15.8 Å². The third-order valence-corrected chi connectivity index (χ3v) is 6.86. The van der Waals surface area contributed by atoms with Gasteiger partial charge in [-0.05, 0) is 60.8 Å². The highest BCUT2D eigenvalue weighted by molar-refractivity contribution is 7.92. The fourth-order valence-electron chi connectivity index (χ4n) is 2.42. The number of nitrogens with zero attached hydrogens (tertiary/aromatic N) is 1. The van der Waals surface area contributed by atoms with Gasteiger partial charge in [-0.25, -0.2) is 12.8 Å². The van der Waals surface area contributed by atoms with E-state index in [-0.39, 0.29) is 17.5 Å².